The molecule has 0 saturated heterocycles. The molecule has 7 nitrogen and oxygen atoms in total. The van der Waals surface area contributed by atoms with E-state index in [1.54, 1.807) is 0 Å². The van der Waals surface area contributed by atoms with Crippen LogP contribution in [0.2, 0.25) is 0 Å². The lowest BCUT2D eigenvalue weighted by Gasteiger charge is -1.85. The van der Waals surface area contributed by atoms with Crippen molar-refractivity contribution in [3.8, 4) is 0 Å². The van der Waals surface area contributed by atoms with E-state index in [-0.39, 0.29) is 12.2 Å². The molecule has 60 valence electrons. The van der Waals surface area contributed by atoms with Crippen molar-refractivity contribution in [1.29, 1.82) is 0 Å². The smallest absolute Gasteiger partial charge is 0.263 e. The topological polar surface area (TPSA) is 110 Å². The summed E-state index contributed by atoms with van der Waals surface area (Å²) in [6.45, 7) is 0. The van der Waals surface area contributed by atoms with Crippen LogP contribution in [-0.4, -0.2) is 21.4 Å². The molecule has 0 radical (unpaired) electrons. The molecule has 0 saturated carbocycles. The van der Waals surface area contributed by atoms with Crippen molar-refractivity contribution in [3.05, 3.63) is 0 Å². The molecule has 10 heavy (non-hydrogen) atoms. The minimum Gasteiger partial charge on any atom is -0.263 e. The zero-order chi connectivity index (χ0) is 8.20. The van der Waals surface area contributed by atoms with Crippen molar-refractivity contribution in [1.82, 2.24) is 0 Å². The summed E-state index contributed by atoms with van der Waals surface area (Å²) in [4.78, 5) is 0. The van der Waals surface area contributed by atoms with Gasteiger partial charge in [-0.1, -0.05) is 3.77 Å². The summed E-state index contributed by atoms with van der Waals surface area (Å²) >= 11 is -0.257. The minimum atomic E-state index is -4.62. The molecule has 0 heterocycles. The van der Waals surface area contributed by atoms with Gasteiger partial charge in [0.2, 0.25) is 0 Å². The summed E-state index contributed by atoms with van der Waals surface area (Å²) in [6, 6.07) is 0. The van der Waals surface area contributed by atoms with E-state index in [2.05, 4.69) is 7.40 Å². The van der Waals surface area contributed by atoms with Gasteiger partial charge in [0.15, 0.2) is 12.2 Å². The Kier molecular flexibility index (Phi) is 3.81. The first kappa shape index (κ1) is 9.84. The molecule has 0 fully saturated rings. The van der Waals surface area contributed by atoms with Crippen LogP contribution in [0.25, 0.3) is 0 Å². The maximum Gasteiger partial charge on any atom is 0.410 e. The first-order chi connectivity index (χ1) is 4.42. The largest absolute Gasteiger partial charge is 0.410 e. The third kappa shape index (κ3) is 7.84. The van der Waals surface area contributed by atoms with Crippen LogP contribution in [0.3, 0.4) is 0 Å². The monoisotopic (exact) mass is 207 g/mol. The van der Waals surface area contributed by atoms with E-state index >= 15 is 0 Å². The van der Waals surface area contributed by atoms with Gasteiger partial charge >= 0.3 is 20.9 Å². The SMILES string of the molecule is O=S(=O)=NSOS(=O)(=O)O. The fraction of sp³-hybridized carbons (Fsp3) is 0. The average Bonchev–Trinajstić information content (AvgIpc) is 1.59. The molecule has 0 aromatic rings. The molecule has 1 N–H and O–H groups in total. The molecule has 0 aromatic carbocycles. The number of nitrogens with zero attached hydrogens (tertiary/aromatic N) is 1. The quantitative estimate of drug-likeness (QED) is 0.375. The Labute approximate surface area is 62.4 Å². The van der Waals surface area contributed by atoms with Crippen molar-refractivity contribution >= 4 is 33.1 Å². The molecule has 0 aromatic heterocycles. The highest BCUT2D eigenvalue weighted by molar-refractivity contribution is 8.04. The lowest BCUT2D eigenvalue weighted by molar-refractivity contribution is 0.408. The number of rotatable bonds is 3. The highest BCUT2D eigenvalue weighted by Crippen LogP contribution is 2.06. The molecule has 10 heteroatoms. The Morgan fingerprint density at radius 1 is 1.50 bits per heavy atom. The fourth-order valence-corrected chi connectivity index (χ4v) is 0.905. The zero-order valence-electron chi connectivity index (χ0n) is 4.16. The second-order valence-corrected chi connectivity index (χ2v) is 3.44. The Hall–Kier alpha value is -0.160. The van der Waals surface area contributed by atoms with Gasteiger partial charge in [-0.15, -0.1) is 0 Å². The summed E-state index contributed by atoms with van der Waals surface area (Å²) in [5.74, 6) is 0. The predicted octanol–water partition coefficient (Wildman–Crippen LogP) is -0.568. The van der Waals surface area contributed by atoms with Gasteiger partial charge in [0.25, 0.3) is 0 Å². The van der Waals surface area contributed by atoms with Crippen molar-refractivity contribution < 1.29 is 25.0 Å². The van der Waals surface area contributed by atoms with Gasteiger partial charge in [0.1, 0.15) is 0 Å². The van der Waals surface area contributed by atoms with Crippen molar-refractivity contribution in [3.63, 3.8) is 0 Å². The van der Waals surface area contributed by atoms with Crippen LogP contribution in [0.1, 0.15) is 0 Å². The third-order valence-electron chi connectivity index (χ3n) is 0.208. The van der Waals surface area contributed by atoms with Gasteiger partial charge in [0.05, 0.1) is 0 Å². The van der Waals surface area contributed by atoms with Gasteiger partial charge in [-0.25, -0.2) is 0 Å². The molecule has 0 aliphatic heterocycles. The predicted molar refractivity (Wildman–Crippen MR) is 31.6 cm³/mol. The highest BCUT2D eigenvalue weighted by Gasteiger charge is 2.03. The van der Waals surface area contributed by atoms with Crippen LogP contribution >= 0.6 is 12.2 Å². The van der Waals surface area contributed by atoms with E-state index in [0.717, 1.165) is 0 Å². The maximum absolute atomic E-state index is 9.66. The van der Waals surface area contributed by atoms with Crippen LogP contribution in [-0.2, 0) is 24.5 Å². The number of hydrogen-bond donors (Lipinski definition) is 1. The fourth-order valence-electron chi connectivity index (χ4n) is 0.0757. The standard InChI is InChI=1S/HNO6S3/c2-9(3)1-8-7-10(4,5)6/h(H,4,5,6). The molecule has 0 atom stereocenters. The third-order valence-corrected chi connectivity index (χ3v) is 1.87. The minimum absolute atomic E-state index is 0.257. The van der Waals surface area contributed by atoms with E-state index in [4.69, 9.17) is 4.55 Å². The summed E-state index contributed by atoms with van der Waals surface area (Å²) < 4.78 is 52.1. The Bertz CT molecular complexity index is 297. The van der Waals surface area contributed by atoms with Crippen LogP contribution < -0.4 is 0 Å². The van der Waals surface area contributed by atoms with Gasteiger partial charge in [-0.3, -0.25) is 4.55 Å². The number of hydrogen-bond acceptors (Lipinski definition) is 7. The Morgan fingerprint density at radius 3 is 2.30 bits per heavy atom. The summed E-state index contributed by atoms with van der Waals surface area (Å²) in [5, 5.41) is 0. The molecular formula is HNO6S3. The molecule has 0 amide bonds. The van der Waals surface area contributed by atoms with Crippen molar-refractivity contribution in [2.45, 2.75) is 0 Å². The molecule has 0 aliphatic carbocycles. The molecule has 0 unspecified atom stereocenters. The Morgan fingerprint density at radius 2 is 2.00 bits per heavy atom. The molecule has 0 aliphatic rings. The summed E-state index contributed by atoms with van der Waals surface area (Å²) in [5.41, 5.74) is 0. The van der Waals surface area contributed by atoms with E-state index in [9.17, 15) is 16.8 Å². The zero-order valence-corrected chi connectivity index (χ0v) is 6.61. The second-order valence-electron chi connectivity index (χ2n) is 0.862. The second kappa shape index (κ2) is 3.88. The van der Waals surface area contributed by atoms with Crippen molar-refractivity contribution in [2.75, 3.05) is 0 Å². The molecular weight excluding hydrogens is 206 g/mol. The summed E-state index contributed by atoms with van der Waals surface area (Å²) in [7, 11) is -7.39. The van der Waals surface area contributed by atoms with E-state index in [0.29, 0.717) is 0 Å². The first-order valence-electron chi connectivity index (χ1n) is 1.55. The first-order valence-corrected chi connectivity index (χ1v) is 4.64. The van der Waals surface area contributed by atoms with Gasteiger partial charge < -0.3 is 0 Å². The van der Waals surface area contributed by atoms with E-state index in [1.165, 1.54) is 0 Å². The van der Waals surface area contributed by atoms with Crippen LogP contribution in [0.15, 0.2) is 3.77 Å². The lowest BCUT2D eigenvalue weighted by atomic mass is 13.9. The van der Waals surface area contributed by atoms with Gasteiger partial charge in [-0.2, -0.15) is 20.5 Å². The lowest BCUT2D eigenvalue weighted by Crippen LogP contribution is -1.95. The van der Waals surface area contributed by atoms with E-state index in [1.807, 2.05) is 0 Å². The Balaban J connectivity index is 3.93. The summed E-state index contributed by atoms with van der Waals surface area (Å²) in [6.07, 6.45) is 0. The van der Waals surface area contributed by atoms with Crippen LogP contribution in [0.5, 0.6) is 0 Å². The van der Waals surface area contributed by atoms with E-state index < -0.39 is 20.9 Å². The van der Waals surface area contributed by atoms with Gasteiger partial charge in [-0.05, 0) is 0 Å². The van der Waals surface area contributed by atoms with Gasteiger partial charge in [0, 0.05) is 0 Å². The van der Waals surface area contributed by atoms with Crippen LogP contribution in [0, 0.1) is 0 Å². The highest BCUT2D eigenvalue weighted by atomic mass is 32.3. The average molecular weight is 207 g/mol. The maximum atomic E-state index is 9.66. The normalized spacial score (nSPS) is 10.9. The molecule has 0 rings (SSSR count). The molecule has 0 bridgehead atoms. The van der Waals surface area contributed by atoms with Crippen LogP contribution in [0.4, 0.5) is 0 Å². The molecule has 0 spiro atoms. The van der Waals surface area contributed by atoms with Crippen molar-refractivity contribution in [2.24, 2.45) is 3.77 Å².